The van der Waals surface area contributed by atoms with E-state index in [0.29, 0.717) is 10.7 Å². The third-order valence-electron chi connectivity index (χ3n) is 5.12. The maximum Gasteiger partial charge on any atom is 0.279 e. The van der Waals surface area contributed by atoms with E-state index in [4.69, 9.17) is 0 Å². The van der Waals surface area contributed by atoms with Gasteiger partial charge < -0.3 is 4.90 Å². The van der Waals surface area contributed by atoms with Crippen molar-refractivity contribution >= 4 is 38.4 Å². The summed E-state index contributed by atoms with van der Waals surface area (Å²) in [6.07, 6.45) is 0. The molecule has 0 N–H and O–H groups in total. The zero-order chi connectivity index (χ0) is 19.2. The van der Waals surface area contributed by atoms with Crippen LogP contribution in [0.25, 0.3) is 0 Å². The van der Waals surface area contributed by atoms with Crippen LogP contribution in [-0.2, 0) is 9.84 Å². The first-order valence-corrected chi connectivity index (χ1v) is 11.5. The van der Waals surface area contributed by atoms with E-state index in [0.717, 1.165) is 16.8 Å². The predicted octanol–water partition coefficient (Wildman–Crippen LogP) is 3.22. The summed E-state index contributed by atoms with van der Waals surface area (Å²) in [4.78, 5) is 19.0. The molecule has 2 aromatic carbocycles. The number of hydrogen-bond acceptors (Lipinski definition) is 4. The molecule has 5 nitrogen and oxygen atoms in total. The molecule has 2 aliphatic heterocycles. The molecule has 2 saturated heterocycles. The molecule has 0 spiro atoms. The molecule has 2 aliphatic rings. The number of thioether (sulfide) groups is 1. The summed E-state index contributed by atoms with van der Waals surface area (Å²) in [6.45, 7) is 4.04. The number of aryl methyl sites for hydroxylation is 1. The van der Waals surface area contributed by atoms with Crippen molar-refractivity contribution in [2.75, 3.05) is 16.4 Å². The number of fused-ring (bicyclic) bond motifs is 1. The molecule has 1 amide bonds. The summed E-state index contributed by atoms with van der Waals surface area (Å²) in [5.41, 5.74) is 3.64. The molecule has 0 saturated carbocycles. The van der Waals surface area contributed by atoms with Gasteiger partial charge >= 0.3 is 0 Å². The van der Waals surface area contributed by atoms with Gasteiger partial charge in [0.25, 0.3) is 5.91 Å². The number of amides is 1. The maximum absolute atomic E-state index is 12.6. The Morgan fingerprint density at radius 3 is 2.56 bits per heavy atom. The molecule has 2 aromatic rings. The van der Waals surface area contributed by atoms with E-state index in [1.807, 2.05) is 43.0 Å². The quantitative estimate of drug-likeness (QED) is 0.774. The van der Waals surface area contributed by atoms with E-state index in [2.05, 4.69) is 4.99 Å². The van der Waals surface area contributed by atoms with E-state index in [9.17, 15) is 13.2 Å². The topological polar surface area (TPSA) is 66.8 Å². The molecule has 0 aromatic heterocycles. The van der Waals surface area contributed by atoms with Gasteiger partial charge in [-0.2, -0.15) is 4.99 Å². The lowest BCUT2D eigenvalue weighted by atomic mass is 10.1. The Morgan fingerprint density at radius 1 is 1.07 bits per heavy atom. The molecule has 7 heteroatoms. The number of carbonyl (C=O) groups excluding carboxylic acids is 1. The van der Waals surface area contributed by atoms with Crippen molar-refractivity contribution in [1.82, 2.24) is 0 Å². The van der Waals surface area contributed by atoms with Crippen molar-refractivity contribution in [3.63, 3.8) is 0 Å². The Balaban J connectivity index is 1.78. The number of hydrogen-bond donors (Lipinski definition) is 0. The van der Waals surface area contributed by atoms with E-state index < -0.39 is 9.84 Å². The summed E-state index contributed by atoms with van der Waals surface area (Å²) in [7, 11) is -3.08. The average molecular weight is 401 g/mol. The average Bonchev–Trinajstić information content (AvgIpc) is 3.09. The van der Waals surface area contributed by atoms with Crippen LogP contribution in [-0.4, -0.2) is 42.3 Å². The fraction of sp³-hybridized carbons (Fsp3) is 0.300. The Hall–Kier alpha value is -2.12. The Labute approximate surface area is 163 Å². The molecule has 4 rings (SSSR count). The van der Waals surface area contributed by atoms with Crippen LogP contribution in [0.1, 0.15) is 21.5 Å². The number of sulfone groups is 1. The van der Waals surface area contributed by atoms with E-state index in [-0.39, 0.29) is 28.7 Å². The first-order valence-electron chi connectivity index (χ1n) is 8.76. The highest BCUT2D eigenvalue weighted by Crippen LogP contribution is 2.42. The number of aliphatic imine (C=N–C) groups is 1. The van der Waals surface area contributed by atoms with Gasteiger partial charge in [-0.25, -0.2) is 8.42 Å². The summed E-state index contributed by atoms with van der Waals surface area (Å²) < 4.78 is 24.4. The third-order valence-corrected chi connectivity index (χ3v) is 8.33. The molecule has 0 unspecified atom stereocenters. The standard InChI is InChI=1S/C20H20N2O3S2/c1-13-7-6-10-16(14(13)2)22-17-11-27(24,25)12-18(17)26-20(22)21-19(23)15-8-4-3-5-9-15/h3-10,17-18H,11-12H2,1-2H3/t17-,18+/m1/s1. The normalized spacial score (nSPS) is 25.0. The maximum atomic E-state index is 12.6. The third kappa shape index (κ3) is 3.41. The van der Waals surface area contributed by atoms with Crippen LogP contribution >= 0.6 is 11.8 Å². The Bertz CT molecular complexity index is 1030. The van der Waals surface area contributed by atoms with Crippen LogP contribution in [0.15, 0.2) is 53.5 Å². The first-order chi connectivity index (χ1) is 12.9. The molecular weight excluding hydrogens is 380 g/mol. The molecule has 2 heterocycles. The van der Waals surface area contributed by atoms with Gasteiger partial charge in [-0.3, -0.25) is 4.79 Å². The fourth-order valence-corrected chi connectivity index (χ4v) is 7.48. The van der Waals surface area contributed by atoms with Gasteiger partial charge in [0.1, 0.15) is 0 Å². The fourth-order valence-electron chi connectivity index (χ4n) is 3.57. The minimum absolute atomic E-state index is 0.0938. The van der Waals surface area contributed by atoms with E-state index in [1.165, 1.54) is 11.8 Å². The van der Waals surface area contributed by atoms with Crippen LogP contribution in [0.5, 0.6) is 0 Å². The molecule has 0 bridgehead atoms. The molecule has 0 radical (unpaired) electrons. The van der Waals surface area contributed by atoms with E-state index in [1.54, 1.807) is 24.3 Å². The Morgan fingerprint density at radius 2 is 1.81 bits per heavy atom. The highest BCUT2D eigenvalue weighted by Gasteiger charge is 2.49. The van der Waals surface area contributed by atoms with Gasteiger partial charge in [0.15, 0.2) is 15.0 Å². The number of rotatable bonds is 2. The molecule has 0 aliphatic carbocycles. The van der Waals surface area contributed by atoms with Gasteiger partial charge in [0, 0.05) is 16.5 Å². The monoisotopic (exact) mass is 400 g/mol. The highest BCUT2D eigenvalue weighted by atomic mass is 32.2. The molecule has 2 atom stereocenters. The predicted molar refractivity (Wildman–Crippen MR) is 110 cm³/mol. The second-order valence-electron chi connectivity index (χ2n) is 6.96. The number of nitrogens with zero attached hydrogens (tertiary/aromatic N) is 2. The van der Waals surface area contributed by atoms with Crippen molar-refractivity contribution in [1.29, 1.82) is 0 Å². The summed E-state index contributed by atoms with van der Waals surface area (Å²) in [5.74, 6) is -0.0880. The molecule has 2 fully saturated rings. The molecule has 140 valence electrons. The van der Waals surface area contributed by atoms with Gasteiger partial charge in [0.05, 0.1) is 17.5 Å². The summed E-state index contributed by atoms with van der Waals surface area (Å²) in [6, 6.07) is 14.7. The number of benzene rings is 2. The Kier molecular flexibility index (Phi) is 4.60. The van der Waals surface area contributed by atoms with Gasteiger partial charge in [-0.15, -0.1) is 0 Å². The van der Waals surface area contributed by atoms with Crippen molar-refractivity contribution in [3.8, 4) is 0 Å². The molecule has 27 heavy (non-hydrogen) atoms. The summed E-state index contributed by atoms with van der Waals surface area (Å²) in [5, 5.41) is 0.486. The zero-order valence-electron chi connectivity index (χ0n) is 15.1. The van der Waals surface area contributed by atoms with E-state index >= 15 is 0 Å². The van der Waals surface area contributed by atoms with Gasteiger partial charge in [0.2, 0.25) is 0 Å². The van der Waals surface area contributed by atoms with Crippen LogP contribution < -0.4 is 4.90 Å². The lowest BCUT2D eigenvalue weighted by Crippen LogP contribution is -2.38. The van der Waals surface area contributed by atoms with Gasteiger partial charge in [-0.05, 0) is 43.2 Å². The lowest BCUT2D eigenvalue weighted by Gasteiger charge is -2.26. The lowest BCUT2D eigenvalue weighted by molar-refractivity contribution is 0.100. The number of anilines is 1. The number of carbonyl (C=O) groups is 1. The van der Waals surface area contributed by atoms with Crippen LogP contribution in [0.4, 0.5) is 5.69 Å². The minimum atomic E-state index is -3.08. The zero-order valence-corrected chi connectivity index (χ0v) is 16.8. The van der Waals surface area contributed by atoms with Gasteiger partial charge in [-0.1, -0.05) is 42.1 Å². The second kappa shape index (κ2) is 6.80. The van der Waals surface area contributed by atoms with Crippen LogP contribution in [0, 0.1) is 13.8 Å². The largest absolute Gasteiger partial charge is 0.315 e. The van der Waals surface area contributed by atoms with Crippen molar-refractivity contribution < 1.29 is 13.2 Å². The highest BCUT2D eigenvalue weighted by molar-refractivity contribution is 8.16. The first kappa shape index (κ1) is 18.3. The second-order valence-corrected chi connectivity index (χ2v) is 10.3. The molecular formula is C20H20N2O3S2. The van der Waals surface area contributed by atoms with Crippen LogP contribution in [0.3, 0.4) is 0 Å². The SMILES string of the molecule is Cc1cccc(N2C(=NC(=O)c3ccccc3)S[C@H]3CS(=O)(=O)C[C@H]32)c1C. The smallest absolute Gasteiger partial charge is 0.279 e. The van der Waals surface area contributed by atoms with Crippen molar-refractivity contribution in [2.45, 2.75) is 25.1 Å². The van der Waals surface area contributed by atoms with Crippen molar-refractivity contribution in [3.05, 3.63) is 65.2 Å². The minimum Gasteiger partial charge on any atom is -0.315 e. The van der Waals surface area contributed by atoms with Crippen molar-refractivity contribution in [2.24, 2.45) is 4.99 Å². The van der Waals surface area contributed by atoms with Crippen LogP contribution in [0.2, 0.25) is 0 Å². The number of amidine groups is 1. The summed E-state index contributed by atoms with van der Waals surface area (Å²) >= 11 is 1.40.